The fourth-order valence-electron chi connectivity index (χ4n) is 9.89. The van der Waals surface area contributed by atoms with Gasteiger partial charge < -0.3 is 9.64 Å². The first-order valence-corrected chi connectivity index (χ1v) is 28.5. The molecule has 69 heavy (non-hydrogen) atoms. The molecule has 5 aromatic carbocycles. The Bertz CT molecular complexity index is 2620. The molecule has 17 heteroatoms. The summed E-state index contributed by atoms with van der Waals surface area (Å²) < 4.78 is 59.7. The molecule has 0 atom stereocenters. The lowest BCUT2D eigenvalue weighted by Gasteiger charge is -2.51. The van der Waals surface area contributed by atoms with Crippen molar-refractivity contribution in [1.82, 2.24) is 19.0 Å². The topological polar surface area (TPSA) is 111 Å². The molecule has 3 fully saturated rings. The number of sulfonamides is 2. The number of anilines is 1. The predicted octanol–water partition coefficient (Wildman–Crippen LogP) is 10.6. The van der Waals surface area contributed by atoms with E-state index < -0.39 is 26.0 Å². The Hall–Kier alpha value is -3.73. The Labute approximate surface area is 428 Å². The van der Waals surface area contributed by atoms with Crippen LogP contribution in [0.1, 0.15) is 78.3 Å². The Balaban J connectivity index is 0.000000204. The molecule has 0 amide bonds. The fourth-order valence-corrected chi connectivity index (χ4v) is 13.0. The van der Waals surface area contributed by atoms with Gasteiger partial charge in [-0.15, -0.1) is 0 Å². The van der Waals surface area contributed by atoms with E-state index in [1.165, 1.54) is 16.8 Å². The number of nitrogens with zero attached hydrogens (tertiary/aromatic N) is 5. The largest absolute Gasteiger partial charge is 0.462 e. The number of ether oxygens (including phenoxy) is 1. The van der Waals surface area contributed by atoms with Crippen LogP contribution in [0.2, 0.25) is 20.1 Å². The molecular formula is C52H61Cl4N5O6S2. The Morgan fingerprint density at radius 3 is 1.38 bits per heavy atom. The number of carbonyl (C=O) groups is 1. The highest BCUT2D eigenvalue weighted by Gasteiger charge is 2.44. The van der Waals surface area contributed by atoms with Gasteiger partial charge in [0.2, 0.25) is 20.0 Å². The summed E-state index contributed by atoms with van der Waals surface area (Å²) in [6.07, 6.45) is 4.34. The van der Waals surface area contributed by atoms with Crippen LogP contribution in [0.15, 0.2) is 121 Å². The van der Waals surface area contributed by atoms with Crippen LogP contribution in [0.25, 0.3) is 0 Å². The highest BCUT2D eigenvalue weighted by Crippen LogP contribution is 2.39. The third-order valence-electron chi connectivity index (χ3n) is 12.8. The first-order valence-electron chi connectivity index (χ1n) is 23.3. The van der Waals surface area contributed by atoms with Crippen LogP contribution in [0.5, 0.6) is 0 Å². The maximum absolute atomic E-state index is 12.9. The van der Waals surface area contributed by atoms with E-state index in [-0.39, 0.29) is 36.8 Å². The number of rotatable bonds is 16. The summed E-state index contributed by atoms with van der Waals surface area (Å²) in [4.78, 5) is 19.2. The van der Waals surface area contributed by atoms with Gasteiger partial charge in [0.15, 0.2) is 0 Å². The van der Waals surface area contributed by atoms with E-state index in [1.54, 1.807) is 31.2 Å². The number of carbonyl (C=O) groups excluding carboxylic acids is 1. The van der Waals surface area contributed by atoms with E-state index in [4.69, 9.17) is 51.1 Å². The lowest BCUT2D eigenvalue weighted by Crippen LogP contribution is -2.64. The van der Waals surface area contributed by atoms with Crippen LogP contribution < -0.4 is 4.31 Å². The average Bonchev–Trinajstić information content (AvgIpc) is 3.27. The van der Waals surface area contributed by atoms with E-state index in [9.17, 15) is 21.6 Å². The second kappa shape index (κ2) is 23.2. The van der Waals surface area contributed by atoms with Gasteiger partial charge in [0.25, 0.3) is 0 Å². The molecule has 3 saturated heterocycles. The highest BCUT2D eigenvalue weighted by atomic mass is 35.5. The monoisotopic (exact) mass is 1060 g/mol. The molecule has 3 heterocycles. The Kier molecular flexibility index (Phi) is 17.9. The maximum atomic E-state index is 12.9. The summed E-state index contributed by atoms with van der Waals surface area (Å²) in [6.45, 7) is 11.9. The zero-order chi connectivity index (χ0) is 49.6. The third-order valence-corrected chi connectivity index (χ3v) is 16.4. The number of likely N-dealkylation sites (tertiary alicyclic amines) is 3. The van der Waals surface area contributed by atoms with Crippen LogP contribution >= 0.6 is 46.4 Å². The molecule has 0 radical (unpaired) electrons. The van der Waals surface area contributed by atoms with Crippen molar-refractivity contribution >= 4 is 78.1 Å². The van der Waals surface area contributed by atoms with Gasteiger partial charge in [-0.1, -0.05) is 115 Å². The first kappa shape index (κ1) is 53.1. The molecule has 0 bridgehead atoms. The van der Waals surface area contributed by atoms with E-state index in [0.717, 1.165) is 54.7 Å². The van der Waals surface area contributed by atoms with Crippen molar-refractivity contribution in [2.75, 3.05) is 69.2 Å². The van der Waals surface area contributed by atoms with Crippen molar-refractivity contribution in [3.05, 3.63) is 169 Å². The molecule has 0 aromatic heterocycles. The molecule has 0 aliphatic carbocycles. The smallest absolute Gasteiger partial charge is 0.338 e. The molecule has 11 nitrogen and oxygen atoms in total. The number of hydrogen-bond donors (Lipinski definition) is 0. The minimum absolute atomic E-state index is 0.00116. The zero-order valence-electron chi connectivity index (χ0n) is 39.6. The molecule has 0 unspecified atom stereocenters. The zero-order valence-corrected chi connectivity index (χ0v) is 44.3. The molecule has 0 spiro atoms. The Morgan fingerprint density at radius 1 is 0.609 bits per heavy atom. The molecule has 0 saturated carbocycles. The van der Waals surface area contributed by atoms with Crippen molar-refractivity contribution in [3.8, 4) is 0 Å². The van der Waals surface area contributed by atoms with Crippen LogP contribution in [-0.2, 0) is 24.8 Å². The molecule has 8 rings (SSSR count). The van der Waals surface area contributed by atoms with Gasteiger partial charge in [0.05, 0.1) is 54.5 Å². The SMILES string of the molecule is CC(C)CN1CCC(N(C2CN(C(c3ccc(Cl)cc3)c3ccc(Cl)cc3)C2)S(C)(=O)=O)CC1.CCOC(=O)c1cccc(N(C2CN(C(c3ccc(Cl)cc3)c3ccc(Cl)cc3)C2)S(C)(=O)=O)c1. The number of esters is 1. The number of halogens is 4. The summed E-state index contributed by atoms with van der Waals surface area (Å²) in [5.74, 6) is 0.143. The second-order valence-corrected chi connectivity index (χ2v) is 24.1. The van der Waals surface area contributed by atoms with Gasteiger partial charge in [0, 0.05) is 58.9 Å². The van der Waals surface area contributed by atoms with Gasteiger partial charge in [-0.05, 0) is 128 Å². The summed E-state index contributed by atoms with van der Waals surface area (Å²) >= 11 is 24.5. The summed E-state index contributed by atoms with van der Waals surface area (Å²) in [5.41, 5.74) is 5.12. The van der Waals surface area contributed by atoms with Crippen LogP contribution in [0.3, 0.4) is 0 Å². The van der Waals surface area contributed by atoms with Gasteiger partial charge in [-0.2, -0.15) is 4.31 Å². The molecular weight excluding hydrogens is 997 g/mol. The van der Waals surface area contributed by atoms with E-state index in [0.29, 0.717) is 63.4 Å². The fraction of sp³-hybridized carbons (Fsp3) is 0.404. The minimum atomic E-state index is -3.60. The third kappa shape index (κ3) is 13.6. The van der Waals surface area contributed by atoms with E-state index in [1.807, 2.05) is 101 Å². The van der Waals surface area contributed by atoms with Gasteiger partial charge in [-0.25, -0.2) is 21.6 Å². The minimum Gasteiger partial charge on any atom is -0.462 e. The normalized spacial score (nSPS) is 16.9. The standard InChI is InChI=1S/C26H35Cl2N3O2S.C26H26Cl2N2O4S/c1-19(2)16-29-14-12-24(13-15-29)31(34(3,32)33)25-17-30(18-25)26(20-4-8-22(27)9-5-20)21-6-10-23(28)11-7-21;1-3-34-26(31)20-5-4-6-23(15-20)30(35(2,32)33)24-16-29(17-24)25(18-7-11-21(27)12-8-18)19-9-13-22(28)14-10-19/h4-11,19,24-26H,12-18H2,1-3H3;4-15,24-25H,3,16-17H2,1-2H3. The predicted molar refractivity (Wildman–Crippen MR) is 281 cm³/mol. The van der Waals surface area contributed by atoms with Crippen molar-refractivity contribution in [2.24, 2.45) is 5.92 Å². The van der Waals surface area contributed by atoms with Crippen molar-refractivity contribution < 1.29 is 26.4 Å². The van der Waals surface area contributed by atoms with Crippen molar-refractivity contribution in [1.29, 1.82) is 0 Å². The quantitative estimate of drug-likeness (QED) is 0.0892. The first-order chi connectivity index (χ1) is 32.8. The van der Waals surface area contributed by atoms with Crippen molar-refractivity contribution in [2.45, 2.75) is 63.8 Å². The second-order valence-electron chi connectivity index (χ2n) is 18.6. The maximum Gasteiger partial charge on any atom is 0.338 e. The molecule has 3 aliphatic rings. The summed E-state index contributed by atoms with van der Waals surface area (Å²) in [7, 11) is -6.90. The van der Waals surface area contributed by atoms with Gasteiger partial charge >= 0.3 is 5.97 Å². The lowest BCUT2D eigenvalue weighted by molar-refractivity contribution is 0.0232. The van der Waals surface area contributed by atoms with Crippen molar-refractivity contribution in [3.63, 3.8) is 0 Å². The Morgan fingerprint density at radius 2 is 1.01 bits per heavy atom. The number of piperidine rings is 1. The van der Waals surface area contributed by atoms with Crippen LogP contribution in [-0.4, -0.2) is 125 Å². The average molecular weight is 1060 g/mol. The number of hydrogen-bond acceptors (Lipinski definition) is 9. The van der Waals surface area contributed by atoms with E-state index >= 15 is 0 Å². The molecule has 370 valence electrons. The molecule has 0 N–H and O–H groups in total. The van der Waals surface area contributed by atoms with E-state index in [2.05, 4.69) is 28.5 Å². The van der Waals surface area contributed by atoms with Gasteiger partial charge in [-0.3, -0.25) is 14.1 Å². The van der Waals surface area contributed by atoms with Gasteiger partial charge in [0.1, 0.15) is 0 Å². The number of benzene rings is 5. The molecule has 3 aliphatic heterocycles. The van der Waals surface area contributed by atoms with Crippen LogP contribution in [0.4, 0.5) is 5.69 Å². The molecule has 5 aromatic rings. The lowest BCUT2D eigenvalue weighted by atomic mass is 9.92. The summed E-state index contributed by atoms with van der Waals surface area (Å²) in [6, 6.07) is 37.4. The highest BCUT2D eigenvalue weighted by molar-refractivity contribution is 7.92. The van der Waals surface area contributed by atoms with Crippen LogP contribution in [0, 0.1) is 5.92 Å². The summed E-state index contributed by atoms with van der Waals surface area (Å²) in [5, 5.41) is 2.70.